The van der Waals surface area contributed by atoms with Crippen molar-refractivity contribution >= 4 is 11.3 Å². The second-order valence-corrected chi connectivity index (χ2v) is 8.42. The molecule has 0 amide bonds. The lowest BCUT2D eigenvalue weighted by atomic mass is 9.78. The Kier molecular flexibility index (Phi) is 4.01. The van der Waals surface area contributed by atoms with Gasteiger partial charge in [-0.3, -0.25) is 0 Å². The number of rotatable bonds is 1. The highest BCUT2D eigenvalue weighted by Crippen LogP contribution is 2.42. The van der Waals surface area contributed by atoms with Gasteiger partial charge in [0.2, 0.25) is 5.01 Å². The summed E-state index contributed by atoms with van der Waals surface area (Å²) in [4.78, 5) is 0. The minimum atomic E-state index is -0.192. The molecule has 0 radical (unpaired) electrons. The third kappa shape index (κ3) is 3.12. The van der Waals surface area contributed by atoms with Crippen LogP contribution in [0, 0.1) is 11.3 Å². The average Bonchev–Trinajstić information content (AvgIpc) is 2.85. The van der Waals surface area contributed by atoms with Crippen molar-refractivity contribution in [3.63, 3.8) is 0 Å². The van der Waals surface area contributed by atoms with Crippen LogP contribution in [0.1, 0.15) is 57.7 Å². The van der Waals surface area contributed by atoms with Gasteiger partial charge in [-0.2, -0.15) is 5.26 Å². The van der Waals surface area contributed by atoms with Crippen LogP contribution in [0.25, 0.3) is 10.6 Å². The summed E-state index contributed by atoms with van der Waals surface area (Å²) in [6.07, 6.45) is 0. The smallest absolute Gasteiger partial charge is 0.218 e. The monoisotopic (exact) mass is 315 g/mol. The van der Waals surface area contributed by atoms with E-state index in [-0.39, 0.29) is 10.8 Å². The van der Waals surface area contributed by atoms with E-state index in [1.54, 1.807) is 0 Å². The van der Waals surface area contributed by atoms with E-state index in [0.29, 0.717) is 15.8 Å². The van der Waals surface area contributed by atoms with Gasteiger partial charge >= 0.3 is 0 Å². The summed E-state index contributed by atoms with van der Waals surface area (Å²) in [6.45, 7) is 12.4. The molecule has 2 aromatic rings. The molecular formula is C17H21N3OS. The van der Waals surface area contributed by atoms with Crippen LogP contribution in [-0.2, 0) is 10.8 Å². The SMILES string of the molecule is CC(C)(C)c1cc(-c2nnc(C#N)s2)cc(C(C)(C)C)c1O. The van der Waals surface area contributed by atoms with Gasteiger partial charge in [0.25, 0.3) is 0 Å². The Morgan fingerprint density at radius 2 is 1.50 bits per heavy atom. The molecule has 2 rings (SSSR count). The molecule has 0 aliphatic rings. The molecule has 0 bridgehead atoms. The molecule has 4 nitrogen and oxygen atoms in total. The molecule has 1 heterocycles. The number of aromatic nitrogens is 2. The lowest BCUT2D eigenvalue weighted by Gasteiger charge is -2.27. The summed E-state index contributed by atoms with van der Waals surface area (Å²) in [6, 6.07) is 5.91. The Hall–Kier alpha value is -1.93. The zero-order chi connectivity index (χ0) is 16.7. The molecule has 0 unspecified atom stereocenters. The second-order valence-electron chi connectivity index (χ2n) is 7.44. The number of nitriles is 1. The molecule has 0 aliphatic carbocycles. The maximum Gasteiger partial charge on any atom is 0.218 e. The van der Waals surface area contributed by atoms with Crippen LogP contribution >= 0.6 is 11.3 Å². The molecular weight excluding hydrogens is 294 g/mol. The predicted octanol–water partition coefficient (Wildman–Crippen LogP) is 4.38. The Morgan fingerprint density at radius 3 is 1.86 bits per heavy atom. The number of benzene rings is 1. The lowest BCUT2D eigenvalue weighted by molar-refractivity contribution is 0.423. The zero-order valence-electron chi connectivity index (χ0n) is 13.9. The first-order valence-corrected chi connectivity index (χ1v) is 7.97. The van der Waals surface area contributed by atoms with Crippen molar-refractivity contribution in [2.75, 3.05) is 0 Å². The average molecular weight is 315 g/mol. The summed E-state index contributed by atoms with van der Waals surface area (Å²) in [5.74, 6) is 0.341. The first kappa shape index (κ1) is 16.4. The largest absolute Gasteiger partial charge is 0.507 e. The van der Waals surface area contributed by atoms with E-state index in [4.69, 9.17) is 5.26 Å². The molecule has 0 atom stereocenters. The van der Waals surface area contributed by atoms with Gasteiger partial charge in [-0.1, -0.05) is 52.9 Å². The van der Waals surface area contributed by atoms with E-state index in [2.05, 4.69) is 51.7 Å². The minimum Gasteiger partial charge on any atom is -0.507 e. The molecule has 0 saturated heterocycles. The van der Waals surface area contributed by atoms with Crippen molar-refractivity contribution in [3.8, 4) is 22.4 Å². The van der Waals surface area contributed by atoms with Gasteiger partial charge in [0.15, 0.2) is 0 Å². The summed E-state index contributed by atoms with van der Waals surface area (Å²) in [7, 11) is 0. The molecule has 116 valence electrons. The van der Waals surface area contributed by atoms with Gasteiger partial charge in [-0.05, 0) is 23.0 Å². The van der Waals surface area contributed by atoms with Gasteiger partial charge < -0.3 is 5.11 Å². The topological polar surface area (TPSA) is 69.8 Å². The van der Waals surface area contributed by atoms with Gasteiger partial charge in [0.1, 0.15) is 16.8 Å². The number of aromatic hydroxyl groups is 1. The van der Waals surface area contributed by atoms with Crippen LogP contribution in [0.5, 0.6) is 5.75 Å². The van der Waals surface area contributed by atoms with E-state index in [1.165, 1.54) is 11.3 Å². The summed E-state index contributed by atoms with van der Waals surface area (Å²) >= 11 is 1.27. The van der Waals surface area contributed by atoms with Crippen LogP contribution in [-0.4, -0.2) is 15.3 Å². The highest BCUT2D eigenvalue weighted by atomic mass is 32.1. The third-order valence-electron chi connectivity index (χ3n) is 3.49. The molecule has 1 aromatic carbocycles. The minimum absolute atomic E-state index is 0.192. The van der Waals surface area contributed by atoms with Crippen molar-refractivity contribution in [2.45, 2.75) is 52.4 Å². The Balaban J connectivity index is 2.73. The van der Waals surface area contributed by atoms with Crippen molar-refractivity contribution in [1.82, 2.24) is 10.2 Å². The fourth-order valence-electron chi connectivity index (χ4n) is 2.29. The summed E-state index contributed by atoms with van der Waals surface area (Å²) in [5.41, 5.74) is 2.27. The third-order valence-corrected chi connectivity index (χ3v) is 4.37. The van der Waals surface area contributed by atoms with Gasteiger partial charge in [0.05, 0.1) is 0 Å². The zero-order valence-corrected chi connectivity index (χ0v) is 14.7. The number of hydrogen-bond acceptors (Lipinski definition) is 5. The Bertz CT molecular complexity index is 707. The molecule has 22 heavy (non-hydrogen) atoms. The van der Waals surface area contributed by atoms with E-state index < -0.39 is 0 Å². The van der Waals surface area contributed by atoms with Crippen LogP contribution in [0.15, 0.2) is 12.1 Å². The van der Waals surface area contributed by atoms with Crippen LogP contribution in [0.2, 0.25) is 0 Å². The maximum atomic E-state index is 10.7. The fraction of sp³-hybridized carbons (Fsp3) is 0.471. The predicted molar refractivity (Wildman–Crippen MR) is 89.1 cm³/mol. The van der Waals surface area contributed by atoms with Gasteiger partial charge in [0, 0.05) is 16.7 Å². The number of hydrogen-bond donors (Lipinski definition) is 1. The first-order valence-electron chi connectivity index (χ1n) is 7.16. The molecule has 1 aromatic heterocycles. The van der Waals surface area contributed by atoms with Crippen molar-refractivity contribution in [1.29, 1.82) is 5.26 Å². The standard InChI is InChI=1S/C17H21N3OS/c1-16(2,3)11-7-10(15-20-19-13(9-18)22-15)8-12(14(11)21)17(4,5)6/h7-8,21H,1-6H3. The highest BCUT2D eigenvalue weighted by Gasteiger charge is 2.27. The lowest BCUT2D eigenvalue weighted by Crippen LogP contribution is -2.17. The molecule has 0 spiro atoms. The molecule has 0 saturated carbocycles. The van der Waals surface area contributed by atoms with Crippen molar-refractivity contribution in [2.24, 2.45) is 0 Å². The molecule has 5 heteroatoms. The number of phenolic OH excluding ortho intramolecular Hbond substituents is 1. The number of phenols is 1. The van der Waals surface area contributed by atoms with E-state index >= 15 is 0 Å². The van der Waals surface area contributed by atoms with Crippen molar-refractivity contribution < 1.29 is 5.11 Å². The van der Waals surface area contributed by atoms with Gasteiger partial charge in [-0.15, -0.1) is 10.2 Å². The first-order chi connectivity index (χ1) is 10.0. The fourth-order valence-corrected chi connectivity index (χ4v) is 2.91. The van der Waals surface area contributed by atoms with Crippen LogP contribution in [0.4, 0.5) is 0 Å². The Labute approximate surface area is 135 Å². The van der Waals surface area contributed by atoms with Crippen LogP contribution < -0.4 is 0 Å². The van der Waals surface area contributed by atoms with E-state index in [1.807, 2.05) is 18.2 Å². The molecule has 0 aliphatic heterocycles. The summed E-state index contributed by atoms with van der Waals surface area (Å²) in [5, 5.41) is 28.6. The van der Waals surface area contributed by atoms with E-state index in [9.17, 15) is 5.11 Å². The maximum absolute atomic E-state index is 10.7. The van der Waals surface area contributed by atoms with Crippen LogP contribution in [0.3, 0.4) is 0 Å². The quantitative estimate of drug-likeness (QED) is 0.848. The normalized spacial score (nSPS) is 12.2. The highest BCUT2D eigenvalue weighted by molar-refractivity contribution is 7.15. The second kappa shape index (κ2) is 5.36. The van der Waals surface area contributed by atoms with Gasteiger partial charge in [-0.25, -0.2) is 0 Å². The Morgan fingerprint density at radius 1 is 1.00 bits per heavy atom. The number of nitrogens with zero attached hydrogens (tertiary/aromatic N) is 3. The summed E-state index contributed by atoms with van der Waals surface area (Å²) < 4.78 is 0. The molecule has 1 N–H and O–H groups in total. The van der Waals surface area contributed by atoms with Crippen molar-refractivity contribution in [3.05, 3.63) is 28.3 Å². The van der Waals surface area contributed by atoms with E-state index in [0.717, 1.165) is 16.7 Å². The molecule has 0 fully saturated rings.